The number of nitrogens with zero attached hydrogens (tertiary/aromatic N) is 2. The summed E-state index contributed by atoms with van der Waals surface area (Å²) in [4.78, 5) is 8.84. The molecule has 0 saturated carbocycles. The minimum absolute atomic E-state index is 0. The van der Waals surface area contributed by atoms with Gasteiger partial charge in [0, 0.05) is 18.5 Å². The quantitative estimate of drug-likeness (QED) is 0.681. The predicted molar refractivity (Wildman–Crippen MR) is 102 cm³/mol. The molecule has 0 bridgehead atoms. The van der Waals surface area contributed by atoms with E-state index in [1.54, 1.807) is 30.5 Å². The third-order valence-corrected chi connectivity index (χ3v) is 4.33. The molecular weight excluding hydrogens is 394 g/mol. The van der Waals surface area contributed by atoms with Crippen LogP contribution in [-0.2, 0) is 11.2 Å². The summed E-state index contributed by atoms with van der Waals surface area (Å²) in [5.74, 6) is 0.788. The van der Waals surface area contributed by atoms with Crippen LogP contribution in [0.4, 0.5) is 11.6 Å². The Hall–Kier alpha value is -1.37. The number of halogens is 2. The molecule has 0 aliphatic carbocycles. The lowest BCUT2D eigenvalue weighted by Gasteiger charge is -2.11. The van der Waals surface area contributed by atoms with Gasteiger partial charge in [-0.25, -0.2) is 9.97 Å². The van der Waals surface area contributed by atoms with Gasteiger partial charge in [0.15, 0.2) is 0 Å². The number of benzene rings is 1. The smallest absolute Gasteiger partial charge is 0.227 e. The fourth-order valence-electron chi connectivity index (χ4n) is 2.48. The van der Waals surface area contributed by atoms with Gasteiger partial charge in [0.1, 0.15) is 5.75 Å². The van der Waals surface area contributed by atoms with Gasteiger partial charge in [0.05, 0.1) is 16.3 Å². The third kappa shape index (κ3) is 5.61. The van der Waals surface area contributed by atoms with Crippen LogP contribution in [0.2, 0.25) is 0 Å². The van der Waals surface area contributed by atoms with Gasteiger partial charge in [-0.2, -0.15) is 0 Å². The van der Waals surface area contributed by atoms with E-state index >= 15 is 0 Å². The normalized spacial score (nSPS) is 16.1. The number of hydrogen-bond acceptors (Lipinski definition) is 5. The number of hydrogen-bond donors (Lipinski definition) is 2. The Balaban J connectivity index is 0.00000144. The second kappa shape index (κ2) is 9.81. The van der Waals surface area contributed by atoms with E-state index in [0.717, 1.165) is 48.1 Å². The van der Waals surface area contributed by atoms with Crippen molar-refractivity contribution in [2.75, 3.05) is 11.9 Å². The maximum atomic E-state index is 9.30. The van der Waals surface area contributed by atoms with Gasteiger partial charge in [-0.15, -0.1) is 12.4 Å². The molecule has 0 amide bonds. The number of phenols is 1. The second-order valence-electron chi connectivity index (χ2n) is 5.33. The Morgan fingerprint density at radius 2 is 2.04 bits per heavy atom. The lowest BCUT2D eigenvalue weighted by molar-refractivity contribution is 0.104. The van der Waals surface area contributed by atoms with Crippen molar-refractivity contribution in [3.8, 4) is 5.75 Å². The number of ether oxygens (including phenoxy) is 1. The van der Waals surface area contributed by atoms with Gasteiger partial charge in [0.2, 0.25) is 5.95 Å². The van der Waals surface area contributed by atoms with E-state index in [1.165, 1.54) is 0 Å². The molecule has 1 aliphatic rings. The average molecular weight is 417 g/mol. The Labute approximate surface area is 157 Å². The monoisotopic (exact) mass is 415 g/mol. The van der Waals surface area contributed by atoms with Crippen molar-refractivity contribution in [2.24, 2.45) is 0 Å². The molecule has 132 valence electrons. The molecule has 0 radical (unpaired) electrons. The number of aromatic hydroxyl groups is 1. The topological polar surface area (TPSA) is 67.3 Å². The standard InChI is InChI=1S/C16H18BrN3O2.CH4.ClH/c17-14-10-18-16(19-11-3-5-12(21)6-4-11)20-15(14)8-7-13-2-1-9-22-13;;/h3-6,10,13,21H,1-2,7-9H2,(H,18,19,20);1H4;1H. The summed E-state index contributed by atoms with van der Waals surface area (Å²) in [6, 6.07) is 6.82. The largest absolute Gasteiger partial charge is 0.508 e. The van der Waals surface area contributed by atoms with Crippen molar-refractivity contribution >= 4 is 40.0 Å². The van der Waals surface area contributed by atoms with E-state index in [2.05, 4.69) is 31.2 Å². The fourth-order valence-corrected chi connectivity index (χ4v) is 2.87. The molecule has 1 unspecified atom stereocenters. The number of aromatic nitrogens is 2. The first kappa shape index (κ1) is 20.7. The van der Waals surface area contributed by atoms with Crippen LogP contribution in [0.1, 0.15) is 32.4 Å². The predicted octanol–water partition coefficient (Wildman–Crippen LogP) is 4.86. The number of aryl methyl sites for hydroxylation is 1. The second-order valence-corrected chi connectivity index (χ2v) is 6.19. The molecular formula is C17H23BrClN3O2. The van der Waals surface area contributed by atoms with E-state index in [9.17, 15) is 5.11 Å². The van der Waals surface area contributed by atoms with Crippen molar-refractivity contribution in [1.29, 1.82) is 0 Å². The first-order chi connectivity index (χ1) is 10.7. The molecule has 2 heterocycles. The zero-order valence-corrected chi connectivity index (χ0v) is 14.9. The molecule has 1 atom stereocenters. The van der Waals surface area contributed by atoms with E-state index in [0.29, 0.717) is 12.1 Å². The number of nitrogens with one attached hydrogen (secondary N) is 1. The summed E-state index contributed by atoms with van der Waals surface area (Å²) >= 11 is 3.51. The highest BCUT2D eigenvalue weighted by atomic mass is 79.9. The van der Waals surface area contributed by atoms with Crippen LogP contribution < -0.4 is 5.32 Å². The molecule has 7 heteroatoms. The van der Waals surface area contributed by atoms with Crippen molar-refractivity contribution in [3.63, 3.8) is 0 Å². The number of phenolic OH excluding ortho intramolecular Hbond substituents is 1. The molecule has 1 fully saturated rings. The summed E-state index contributed by atoms with van der Waals surface area (Å²) in [6.45, 7) is 0.878. The van der Waals surface area contributed by atoms with Crippen LogP contribution in [0.5, 0.6) is 5.75 Å². The molecule has 2 N–H and O–H groups in total. The van der Waals surface area contributed by atoms with Crippen LogP contribution in [0.3, 0.4) is 0 Å². The maximum Gasteiger partial charge on any atom is 0.227 e. The minimum atomic E-state index is 0. The Bertz CT molecular complexity index is 634. The van der Waals surface area contributed by atoms with Crippen LogP contribution in [0, 0.1) is 0 Å². The van der Waals surface area contributed by atoms with Crippen molar-refractivity contribution in [1.82, 2.24) is 9.97 Å². The van der Waals surface area contributed by atoms with Crippen LogP contribution in [0.15, 0.2) is 34.9 Å². The van der Waals surface area contributed by atoms with E-state index < -0.39 is 0 Å². The van der Waals surface area contributed by atoms with Crippen molar-refractivity contribution in [3.05, 3.63) is 40.6 Å². The van der Waals surface area contributed by atoms with E-state index in [1.807, 2.05) is 0 Å². The van der Waals surface area contributed by atoms with Gasteiger partial charge >= 0.3 is 0 Å². The lowest BCUT2D eigenvalue weighted by Crippen LogP contribution is -2.08. The van der Waals surface area contributed by atoms with E-state index in [-0.39, 0.29) is 25.6 Å². The Kier molecular flexibility index (Phi) is 8.45. The van der Waals surface area contributed by atoms with Gasteiger partial charge in [-0.1, -0.05) is 7.43 Å². The molecule has 1 aromatic carbocycles. The number of rotatable bonds is 5. The third-order valence-electron chi connectivity index (χ3n) is 3.67. The summed E-state index contributed by atoms with van der Waals surface area (Å²) in [5, 5.41) is 12.4. The molecule has 1 aromatic heterocycles. The van der Waals surface area contributed by atoms with E-state index in [4.69, 9.17) is 4.74 Å². The van der Waals surface area contributed by atoms with Crippen molar-refractivity contribution in [2.45, 2.75) is 39.2 Å². The van der Waals surface area contributed by atoms with Crippen LogP contribution in [0.25, 0.3) is 0 Å². The summed E-state index contributed by atoms with van der Waals surface area (Å²) in [7, 11) is 0. The fraction of sp³-hybridized carbons (Fsp3) is 0.412. The van der Waals surface area contributed by atoms with Crippen LogP contribution in [-0.4, -0.2) is 27.8 Å². The highest BCUT2D eigenvalue weighted by Gasteiger charge is 2.16. The molecule has 3 rings (SSSR count). The van der Waals surface area contributed by atoms with Gasteiger partial charge in [0.25, 0.3) is 0 Å². The first-order valence-corrected chi connectivity index (χ1v) is 8.19. The number of anilines is 2. The Morgan fingerprint density at radius 1 is 1.29 bits per heavy atom. The SMILES string of the molecule is C.Cl.Oc1ccc(Nc2ncc(Br)c(CCC3CCCO3)n2)cc1. The highest BCUT2D eigenvalue weighted by molar-refractivity contribution is 9.10. The lowest BCUT2D eigenvalue weighted by atomic mass is 10.1. The molecule has 5 nitrogen and oxygen atoms in total. The maximum absolute atomic E-state index is 9.30. The average Bonchev–Trinajstić information content (AvgIpc) is 3.03. The summed E-state index contributed by atoms with van der Waals surface area (Å²) in [5.41, 5.74) is 1.82. The molecule has 1 saturated heterocycles. The van der Waals surface area contributed by atoms with Gasteiger partial charge in [-0.05, 0) is 65.9 Å². The molecule has 24 heavy (non-hydrogen) atoms. The molecule has 1 aliphatic heterocycles. The van der Waals surface area contributed by atoms with Crippen LogP contribution >= 0.6 is 28.3 Å². The zero-order valence-electron chi connectivity index (χ0n) is 12.5. The highest BCUT2D eigenvalue weighted by Crippen LogP contribution is 2.23. The molecule has 0 spiro atoms. The Morgan fingerprint density at radius 3 is 2.71 bits per heavy atom. The summed E-state index contributed by atoms with van der Waals surface area (Å²) < 4.78 is 6.57. The minimum Gasteiger partial charge on any atom is -0.508 e. The first-order valence-electron chi connectivity index (χ1n) is 7.40. The zero-order chi connectivity index (χ0) is 15.4. The molecule has 2 aromatic rings. The van der Waals surface area contributed by atoms with Gasteiger partial charge < -0.3 is 15.2 Å². The van der Waals surface area contributed by atoms with Crippen molar-refractivity contribution < 1.29 is 9.84 Å². The van der Waals surface area contributed by atoms with Gasteiger partial charge in [-0.3, -0.25) is 0 Å². The summed E-state index contributed by atoms with van der Waals surface area (Å²) in [6.07, 6.45) is 6.26.